The lowest BCUT2D eigenvalue weighted by Crippen LogP contribution is -2.53. The zero-order valence-electron chi connectivity index (χ0n) is 9.44. The molecule has 0 radical (unpaired) electrons. The second-order valence-electron chi connectivity index (χ2n) is 4.00. The van der Waals surface area contributed by atoms with Gasteiger partial charge in [0.25, 0.3) is 5.91 Å². The van der Waals surface area contributed by atoms with E-state index >= 15 is 0 Å². The normalized spacial score (nSPS) is 12.6. The minimum Gasteiger partial charge on any atom is -0.459 e. The van der Waals surface area contributed by atoms with Gasteiger partial charge in [-0.1, -0.05) is 5.16 Å². The maximum Gasteiger partial charge on any atom is 0.288 e. The number of amidine groups is 1. The predicted octanol–water partition coefficient (Wildman–Crippen LogP) is 0.843. The molecule has 16 heavy (non-hydrogen) atoms. The summed E-state index contributed by atoms with van der Waals surface area (Å²) < 4.78 is 5.03. The Balaban J connectivity index is 2.84. The van der Waals surface area contributed by atoms with Crippen LogP contribution in [-0.4, -0.2) is 22.5 Å². The third-order valence-electron chi connectivity index (χ3n) is 2.24. The Labute approximate surface area is 93.1 Å². The number of hydrogen-bond donors (Lipinski definition) is 3. The molecular formula is C10H15N3O3. The van der Waals surface area contributed by atoms with E-state index < -0.39 is 11.4 Å². The summed E-state index contributed by atoms with van der Waals surface area (Å²) in [6, 6.07) is 1.69. The first-order valence-corrected chi connectivity index (χ1v) is 4.73. The van der Waals surface area contributed by atoms with Crippen LogP contribution < -0.4 is 11.1 Å². The van der Waals surface area contributed by atoms with Gasteiger partial charge in [0.05, 0.1) is 11.8 Å². The van der Waals surface area contributed by atoms with Crippen molar-refractivity contribution in [2.24, 2.45) is 10.9 Å². The van der Waals surface area contributed by atoms with E-state index in [1.807, 2.05) is 0 Å². The third-order valence-corrected chi connectivity index (χ3v) is 2.24. The van der Waals surface area contributed by atoms with Gasteiger partial charge in [-0.2, -0.15) is 0 Å². The van der Waals surface area contributed by atoms with Crippen LogP contribution in [0.3, 0.4) is 0 Å². The van der Waals surface area contributed by atoms with Gasteiger partial charge in [-0.15, -0.1) is 0 Å². The molecule has 0 bridgehead atoms. The number of oxime groups is 1. The number of carbonyl (C=O) groups excluding carboxylic acids is 1. The SMILES string of the molecule is Cc1ccoc1C(=O)NC(C)(C)/C(N)=N/O. The van der Waals surface area contributed by atoms with Crippen molar-refractivity contribution in [2.75, 3.05) is 0 Å². The Morgan fingerprint density at radius 3 is 2.69 bits per heavy atom. The molecule has 0 aliphatic rings. The molecule has 0 saturated carbocycles. The number of amides is 1. The standard InChI is InChI=1S/C10H15N3O3/c1-6-4-5-16-7(6)8(14)12-10(2,3)9(11)13-15/h4-5,15H,1-3H3,(H2,11,13)(H,12,14). The second kappa shape index (κ2) is 4.26. The number of hydrogen-bond acceptors (Lipinski definition) is 4. The monoisotopic (exact) mass is 225 g/mol. The van der Waals surface area contributed by atoms with Crippen molar-refractivity contribution >= 4 is 11.7 Å². The number of nitrogens with two attached hydrogens (primary N) is 1. The summed E-state index contributed by atoms with van der Waals surface area (Å²) in [6.07, 6.45) is 1.43. The van der Waals surface area contributed by atoms with Gasteiger partial charge in [-0.25, -0.2) is 0 Å². The van der Waals surface area contributed by atoms with E-state index in [-0.39, 0.29) is 11.6 Å². The van der Waals surface area contributed by atoms with Crippen LogP contribution in [0.1, 0.15) is 30.0 Å². The highest BCUT2D eigenvalue weighted by molar-refractivity contribution is 5.98. The Hall–Kier alpha value is -1.98. The molecule has 1 heterocycles. The molecule has 0 aromatic carbocycles. The van der Waals surface area contributed by atoms with Crippen LogP contribution >= 0.6 is 0 Å². The fourth-order valence-corrected chi connectivity index (χ4v) is 1.13. The van der Waals surface area contributed by atoms with Crippen LogP contribution in [-0.2, 0) is 0 Å². The molecule has 4 N–H and O–H groups in total. The van der Waals surface area contributed by atoms with Gasteiger partial charge >= 0.3 is 0 Å². The Kier molecular flexibility index (Phi) is 3.22. The van der Waals surface area contributed by atoms with Crippen molar-refractivity contribution in [3.05, 3.63) is 23.7 Å². The van der Waals surface area contributed by atoms with Gasteiger partial charge in [-0.3, -0.25) is 4.79 Å². The van der Waals surface area contributed by atoms with Crippen LogP contribution in [0.5, 0.6) is 0 Å². The summed E-state index contributed by atoms with van der Waals surface area (Å²) in [5, 5.41) is 14.0. The summed E-state index contributed by atoms with van der Waals surface area (Å²) in [5.41, 5.74) is 5.24. The predicted molar refractivity (Wildman–Crippen MR) is 58.4 cm³/mol. The number of nitrogens with one attached hydrogen (secondary N) is 1. The van der Waals surface area contributed by atoms with E-state index in [2.05, 4.69) is 10.5 Å². The average molecular weight is 225 g/mol. The van der Waals surface area contributed by atoms with Crippen LogP contribution in [0.2, 0.25) is 0 Å². The molecular weight excluding hydrogens is 210 g/mol. The number of rotatable bonds is 3. The molecule has 0 aliphatic carbocycles. The third kappa shape index (κ3) is 2.33. The Morgan fingerprint density at radius 1 is 1.62 bits per heavy atom. The minimum atomic E-state index is -0.939. The fraction of sp³-hybridized carbons (Fsp3) is 0.400. The molecule has 1 rings (SSSR count). The topological polar surface area (TPSA) is 101 Å². The molecule has 0 fully saturated rings. The quantitative estimate of drug-likeness (QED) is 0.307. The molecule has 1 aromatic rings. The lowest BCUT2D eigenvalue weighted by Gasteiger charge is -2.23. The molecule has 1 aromatic heterocycles. The van der Waals surface area contributed by atoms with Crippen molar-refractivity contribution in [1.82, 2.24) is 5.32 Å². The van der Waals surface area contributed by atoms with Crippen molar-refractivity contribution in [2.45, 2.75) is 26.3 Å². The molecule has 0 atom stereocenters. The summed E-state index contributed by atoms with van der Waals surface area (Å²) in [6.45, 7) is 5.01. The average Bonchev–Trinajstić information content (AvgIpc) is 2.62. The lowest BCUT2D eigenvalue weighted by molar-refractivity contribution is 0.0901. The maximum atomic E-state index is 11.8. The first kappa shape index (κ1) is 12.1. The zero-order valence-corrected chi connectivity index (χ0v) is 9.44. The van der Waals surface area contributed by atoms with Crippen LogP contribution in [0.15, 0.2) is 21.9 Å². The summed E-state index contributed by atoms with van der Waals surface area (Å²) >= 11 is 0. The van der Waals surface area contributed by atoms with Crippen molar-refractivity contribution in [1.29, 1.82) is 0 Å². The Morgan fingerprint density at radius 2 is 2.25 bits per heavy atom. The van der Waals surface area contributed by atoms with E-state index in [0.29, 0.717) is 0 Å². The number of carbonyl (C=O) groups is 1. The molecule has 0 unspecified atom stereocenters. The Bertz CT molecular complexity index is 421. The maximum absolute atomic E-state index is 11.8. The van der Waals surface area contributed by atoms with E-state index in [1.165, 1.54) is 6.26 Å². The van der Waals surface area contributed by atoms with Crippen LogP contribution in [0.25, 0.3) is 0 Å². The van der Waals surface area contributed by atoms with Crippen molar-refractivity contribution in [3.8, 4) is 0 Å². The first-order chi connectivity index (χ1) is 7.38. The molecule has 0 saturated heterocycles. The highest BCUT2D eigenvalue weighted by Gasteiger charge is 2.27. The molecule has 0 spiro atoms. The minimum absolute atomic E-state index is 0.0786. The van der Waals surface area contributed by atoms with Crippen molar-refractivity contribution < 1.29 is 14.4 Å². The van der Waals surface area contributed by atoms with Gasteiger partial charge in [0.2, 0.25) is 0 Å². The molecule has 1 amide bonds. The smallest absolute Gasteiger partial charge is 0.288 e. The van der Waals surface area contributed by atoms with Gasteiger partial charge in [0.1, 0.15) is 0 Å². The van der Waals surface area contributed by atoms with Gasteiger partial charge in [-0.05, 0) is 26.8 Å². The highest BCUT2D eigenvalue weighted by atomic mass is 16.4. The lowest BCUT2D eigenvalue weighted by atomic mass is 10.0. The van der Waals surface area contributed by atoms with Crippen molar-refractivity contribution in [3.63, 3.8) is 0 Å². The van der Waals surface area contributed by atoms with Gasteiger partial charge in [0, 0.05) is 5.56 Å². The van der Waals surface area contributed by atoms with Crippen LogP contribution in [0.4, 0.5) is 0 Å². The van der Waals surface area contributed by atoms with Gasteiger partial charge < -0.3 is 20.7 Å². The zero-order chi connectivity index (χ0) is 12.3. The first-order valence-electron chi connectivity index (χ1n) is 4.73. The number of aryl methyl sites for hydroxylation is 1. The van der Waals surface area contributed by atoms with E-state index in [0.717, 1.165) is 5.56 Å². The molecule has 88 valence electrons. The molecule has 6 heteroatoms. The largest absolute Gasteiger partial charge is 0.459 e. The molecule has 6 nitrogen and oxygen atoms in total. The van der Waals surface area contributed by atoms with E-state index in [1.54, 1.807) is 26.8 Å². The fourth-order valence-electron chi connectivity index (χ4n) is 1.13. The summed E-state index contributed by atoms with van der Waals surface area (Å²) in [4.78, 5) is 11.8. The molecule has 0 aliphatic heterocycles. The second-order valence-corrected chi connectivity index (χ2v) is 4.00. The summed E-state index contributed by atoms with van der Waals surface area (Å²) in [7, 11) is 0. The van der Waals surface area contributed by atoms with E-state index in [9.17, 15) is 4.79 Å². The highest BCUT2D eigenvalue weighted by Crippen LogP contribution is 2.11. The number of furan rings is 1. The number of nitrogens with zero attached hydrogens (tertiary/aromatic N) is 1. The van der Waals surface area contributed by atoms with E-state index in [4.69, 9.17) is 15.4 Å². The van der Waals surface area contributed by atoms with Crippen LogP contribution in [0, 0.1) is 6.92 Å². The summed E-state index contributed by atoms with van der Waals surface area (Å²) in [5.74, 6) is -0.261. The van der Waals surface area contributed by atoms with Gasteiger partial charge in [0.15, 0.2) is 11.6 Å².